The molecule has 0 bridgehead atoms. The third kappa shape index (κ3) is 6.38. The van der Waals surface area contributed by atoms with Gasteiger partial charge in [0.25, 0.3) is 5.91 Å². The van der Waals surface area contributed by atoms with Crippen molar-refractivity contribution in [3.8, 4) is 0 Å². The average Bonchev–Trinajstić information content (AvgIpc) is 2.86. The topological polar surface area (TPSA) is 84.7 Å². The van der Waals surface area contributed by atoms with Crippen LogP contribution in [0.15, 0.2) is 72.8 Å². The van der Waals surface area contributed by atoms with Crippen molar-refractivity contribution in [2.75, 3.05) is 24.3 Å². The fraction of sp³-hybridized carbons (Fsp3) is 0.333. The van der Waals surface area contributed by atoms with Gasteiger partial charge in [-0.15, -0.1) is 0 Å². The molecule has 0 aliphatic rings. The van der Waals surface area contributed by atoms with E-state index >= 15 is 0 Å². The molecule has 34 heavy (non-hydrogen) atoms. The number of nitrogens with one attached hydrogen (secondary N) is 1. The Morgan fingerprint density at radius 3 is 2.32 bits per heavy atom. The first-order valence-electron chi connectivity index (χ1n) is 11.3. The molecule has 0 saturated heterocycles. The van der Waals surface area contributed by atoms with E-state index in [9.17, 15) is 9.59 Å². The number of hydrogen-bond acceptors (Lipinski definition) is 6. The summed E-state index contributed by atoms with van der Waals surface area (Å²) in [6.45, 7) is 4.51. The minimum absolute atomic E-state index is 0.123. The molecule has 3 N–H and O–H groups in total. The predicted molar refractivity (Wildman–Crippen MR) is 142 cm³/mol. The lowest BCUT2D eigenvalue weighted by Crippen LogP contribution is -2.54. The molecule has 2 atom stereocenters. The van der Waals surface area contributed by atoms with Crippen molar-refractivity contribution in [3.05, 3.63) is 78.4 Å². The zero-order valence-electron chi connectivity index (χ0n) is 19.9. The molecule has 3 aromatic rings. The van der Waals surface area contributed by atoms with Gasteiger partial charge in [0.2, 0.25) is 0 Å². The van der Waals surface area contributed by atoms with Crippen LogP contribution in [0.5, 0.6) is 0 Å². The van der Waals surface area contributed by atoms with Crippen molar-refractivity contribution < 1.29 is 14.3 Å². The zero-order chi connectivity index (χ0) is 24.7. The molecule has 0 unspecified atom stereocenters. The van der Waals surface area contributed by atoms with Crippen LogP contribution < -0.4 is 16.0 Å². The summed E-state index contributed by atoms with van der Waals surface area (Å²) in [5.41, 5.74) is 6.64. The summed E-state index contributed by atoms with van der Waals surface area (Å²) in [6, 6.07) is 21.7. The molecule has 6 nitrogen and oxygen atoms in total. The Balaban J connectivity index is 2.06. The molecule has 0 radical (unpaired) electrons. The normalized spacial score (nSPS) is 13.3. The van der Waals surface area contributed by atoms with Crippen LogP contribution in [0.3, 0.4) is 0 Å². The fourth-order valence-corrected chi connectivity index (χ4v) is 4.06. The van der Waals surface area contributed by atoms with Crippen LogP contribution in [0, 0.1) is 0 Å². The lowest BCUT2D eigenvalue weighted by atomic mass is 9.92. The lowest BCUT2D eigenvalue weighted by Gasteiger charge is -2.36. The Bertz CT molecular complexity index is 1120. The zero-order valence-corrected chi connectivity index (χ0v) is 20.8. The van der Waals surface area contributed by atoms with Crippen molar-refractivity contribution in [2.45, 2.75) is 37.9 Å². The van der Waals surface area contributed by atoms with Gasteiger partial charge in [-0.2, -0.15) is 12.6 Å². The molecular weight excluding hydrogens is 446 g/mol. The highest BCUT2D eigenvalue weighted by Gasteiger charge is 2.37. The van der Waals surface area contributed by atoms with Crippen molar-refractivity contribution in [1.82, 2.24) is 5.32 Å². The highest BCUT2D eigenvalue weighted by Crippen LogP contribution is 2.29. The highest BCUT2D eigenvalue weighted by atomic mass is 32.1. The van der Waals surface area contributed by atoms with Crippen LogP contribution >= 0.6 is 12.6 Å². The van der Waals surface area contributed by atoms with E-state index in [2.05, 4.69) is 17.9 Å². The summed E-state index contributed by atoms with van der Waals surface area (Å²) in [7, 11) is 1.35. The average molecular weight is 480 g/mol. The Morgan fingerprint density at radius 2 is 1.68 bits per heavy atom. The Morgan fingerprint density at radius 1 is 1.03 bits per heavy atom. The largest absolute Gasteiger partial charge is 0.467 e. The van der Waals surface area contributed by atoms with Gasteiger partial charge in [0.05, 0.1) is 7.11 Å². The third-order valence-electron chi connectivity index (χ3n) is 5.82. The van der Waals surface area contributed by atoms with Crippen LogP contribution in [0.25, 0.3) is 10.8 Å². The molecule has 0 saturated carbocycles. The van der Waals surface area contributed by atoms with Crippen molar-refractivity contribution >= 4 is 41.0 Å². The monoisotopic (exact) mass is 479 g/mol. The van der Waals surface area contributed by atoms with E-state index in [-0.39, 0.29) is 11.9 Å². The number of amides is 1. The van der Waals surface area contributed by atoms with E-state index in [0.29, 0.717) is 30.0 Å². The van der Waals surface area contributed by atoms with Crippen LogP contribution in [0.1, 0.15) is 30.6 Å². The van der Waals surface area contributed by atoms with Gasteiger partial charge in [-0.25, -0.2) is 4.79 Å². The lowest BCUT2D eigenvalue weighted by molar-refractivity contribution is -0.142. The number of benzene rings is 3. The maximum Gasteiger partial charge on any atom is 0.329 e. The first-order valence-corrected chi connectivity index (χ1v) is 12.0. The second kappa shape index (κ2) is 11.5. The third-order valence-corrected chi connectivity index (χ3v) is 6.29. The second-order valence-electron chi connectivity index (χ2n) is 9.02. The summed E-state index contributed by atoms with van der Waals surface area (Å²) in [6.07, 6.45) is 0.324. The number of thiol groups is 1. The van der Waals surface area contributed by atoms with Crippen LogP contribution in [0.2, 0.25) is 0 Å². The van der Waals surface area contributed by atoms with E-state index in [1.165, 1.54) is 7.11 Å². The highest BCUT2D eigenvalue weighted by molar-refractivity contribution is 7.80. The first kappa shape index (κ1) is 25.7. The first-order chi connectivity index (χ1) is 16.3. The number of carbonyl (C=O) groups excluding carboxylic acids is 2. The standard InChI is InChI=1S/C27H33N3O3S/c1-27(2,29-17-22(28)18-34)16-24(26(32)33-3)30(25(31)20-10-5-4-6-11-20)23-14-13-19-9-7-8-12-21(19)15-23/h4-15,22,24,29,34H,16-18,28H2,1-3H3/t22-,24+/m1/s1. The molecule has 3 aromatic carbocycles. The quantitative estimate of drug-likeness (QED) is 0.302. The molecule has 3 rings (SSSR count). The summed E-state index contributed by atoms with van der Waals surface area (Å²) in [5.74, 6) is -0.209. The van der Waals surface area contributed by atoms with Gasteiger partial charge in [-0.1, -0.05) is 48.5 Å². The fourth-order valence-electron chi connectivity index (χ4n) is 3.93. The number of carbonyl (C=O) groups is 2. The number of rotatable bonds is 10. The summed E-state index contributed by atoms with van der Waals surface area (Å²) < 4.78 is 5.18. The number of nitrogens with two attached hydrogens (primary N) is 1. The second-order valence-corrected chi connectivity index (χ2v) is 9.39. The Hall–Kier alpha value is -2.87. The molecular formula is C27H33N3O3S. The number of methoxy groups -OCH3 is 1. The van der Waals surface area contributed by atoms with Crippen LogP contribution in [0.4, 0.5) is 5.69 Å². The number of fused-ring (bicyclic) bond motifs is 1. The van der Waals surface area contributed by atoms with E-state index in [1.54, 1.807) is 17.0 Å². The van der Waals surface area contributed by atoms with Gasteiger partial charge in [0.1, 0.15) is 6.04 Å². The number of ether oxygens (including phenoxy) is 1. The predicted octanol–water partition coefficient (Wildman–Crippen LogP) is 4.04. The Kier molecular flexibility index (Phi) is 8.72. The SMILES string of the molecule is COC(=O)[C@H](CC(C)(C)NC[C@@H](N)CS)N(C(=O)c1ccccc1)c1ccc2ccccc2c1. The number of hydrogen-bond donors (Lipinski definition) is 3. The minimum Gasteiger partial charge on any atom is -0.467 e. The van der Waals surface area contributed by atoms with Crippen LogP contribution in [-0.2, 0) is 9.53 Å². The molecule has 0 heterocycles. The van der Waals surface area contributed by atoms with Gasteiger partial charge >= 0.3 is 5.97 Å². The van der Waals surface area contributed by atoms with Gasteiger partial charge in [0.15, 0.2) is 0 Å². The molecule has 1 amide bonds. The molecule has 180 valence electrons. The molecule has 0 aromatic heterocycles. The molecule has 0 spiro atoms. The van der Waals surface area contributed by atoms with Gasteiger partial charge in [0, 0.05) is 35.1 Å². The summed E-state index contributed by atoms with van der Waals surface area (Å²) in [5, 5.41) is 5.44. The number of esters is 1. The summed E-state index contributed by atoms with van der Waals surface area (Å²) >= 11 is 4.25. The number of anilines is 1. The number of nitrogens with zero attached hydrogens (tertiary/aromatic N) is 1. The van der Waals surface area contributed by atoms with Gasteiger partial charge in [-0.05, 0) is 55.3 Å². The van der Waals surface area contributed by atoms with E-state index in [1.807, 2.05) is 74.5 Å². The van der Waals surface area contributed by atoms with Crippen LogP contribution in [-0.4, -0.2) is 48.9 Å². The van der Waals surface area contributed by atoms with E-state index in [4.69, 9.17) is 10.5 Å². The summed E-state index contributed by atoms with van der Waals surface area (Å²) in [4.78, 5) is 28.5. The van der Waals surface area contributed by atoms with Crippen molar-refractivity contribution in [1.29, 1.82) is 0 Å². The molecule has 0 aliphatic carbocycles. The van der Waals surface area contributed by atoms with Gasteiger partial charge in [-0.3, -0.25) is 9.69 Å². The van der Waals surface area contributed by atoms with Gasteiger partial charge < -0.3 is 15.8 Å². The minimum atomic E-state index is -0.853. The van der Waals surface area contributed by atoms with E-state index in [0.717, 1.165) is 10.8 Å². The molecule has 0 fully saturated rings. The molecule has 0 aliphatic heterocycles. The maximum absolute atomic E-state index is 13.8. The van der Waals surface area contributed by atoms with E-state index < -0.39 is 17.6 Å². The van der Waals surface area contributed by atoms with Crippen molar-refractivity contribution in [3.63, 3.8) is 0 Å². The van der Waals surface area contributed by atoms with Crippen molar-refractivity contribution in [2.24, 2.45) is 5.73 Å². The molecule has 7 heteroatoms. The smallest absolute Gasteiger partial charge is 0.329 e. The Labute approximate surface area is 206 Å². The maximum atomic E-state index is 13.8.